The molecule has 1 heterocycles. The predicted octanol–water partition coefficient (Wildman–Crippen LogP) is 4.27. The zero-order chi connectivity index (χ0) is 18.5. The fourth-order valence-corrected chi connectivity index (χ4v) is 3.23. The monoisotopic (exact) mass is 388 g/mol. The Labute approximate surface area is 160 Å². The molecule has 3 rings (SSSR count). The molecule has 6 nitrogen and oxygen atoms in total. The molecule has 134 valence electrons. The fourth-order valence-electron chi connectivity index (χ4n) is 2.14. The standard InChI is InChI=1S/C18H17ClN4O2S/c1-22(2)18(24)25-16-20-21-17(26-12-13-7-4-3-5-8-13)23(16)15-10-6-9-14(19)11-15/h3-11H,12H2,1-2H3. The first-order valence-electron chi connectivity index (χ1n) is 7.82. The summed E-state index contributed by atoms with van der Waals surface area (Å²) < 4.78 is 7.04. The minimum atomic E-state index is -0.528. The summed E-state index contributed by atoms with van der Waals surface area (Å²) in [5, 5.41) is 9.40. The Morgan fingerprint density at radius 1 is 1.15 bits per heavy atom. The molecule has 8 heteroatoms. The van der Waals surface area contributed by atoms with Crippen molar-refractivity contribution in [3.8, 4) is 11.7 Å². The molecule has 0 saturated carbocycles. The van der Waals surface area contributed by atoms with Crippen LogP contribution in [0, 0.1) is 0 Å². The maximum Gasteiger partial charge on any atom is 0.417 e. The normalized spacial score (nSPS) is 10.6. The van der Waals surface area contributed by atoms with E-state index in [9.17, 15) is 4.79 Å². The van der Waals surface area contributed by atoms with Gasteiger partial charge in [-0.2, -0.15) is 0 Å². The van der Waals surface area contributed by atoms with Crippen molar-refractivity contribution in [3.05, 3.63) is 65.2 Å². The molecule has 0 N–H and O–H groups in total. The average Bonchev–Trinajstić information content (AvgIpc) is 3.03. The lowest BCUT2D eigenvalue weighted by atomic mass is 10.2. The lowest BCUT2D eigenvalue weighted by molar-refractivity contribution is 0.166. The molecule has 3 aromatic rings. The van der Waals surface area contributed by atoms with Gasteiger partial charge in [-0.1, -0.05) is 64.9 Å². The molecule has 0 aliphatic heterocycles. The lowest BCUT2D eigenvalue weighted by Gasteiger charge is -2.12. The average molecular weight is 389 g/mol. The Hall–Kier alpha value is -2.51. The third-order valence-electron chi connectivity index (χ3n) is 3.42. The molecule has 0 radical (unpaired) electrons. The van der Waals surface area contributed by atoms with Crippen molar-refractivity contribution in [1.29, 1.82) is 0 Å². The second kappa shape index (κ2) is 8.25. The van der Waals surface area contributed by atoms with E-state index in [2.05, 4.69) is 10.2 Å². The highest BCUT2D eigenvalue weighted by Gasteiger charge is 2.19. The lowest BCUT2D eigenvalue weighted by Crippen LogP contribution is -2.26. The number of aromatic nitrogens is 3. The summed E-state index contributed by atoms with van der Waals surface area (Å²) in [6.07, 6.45) is -0.528. The van der Waals surface area contributed by atoms with E-state index in [1.807, 2.05) is 42.5 Å². The molecular formula is C18H17ClN4O2S. The second-order valence-corrected chi connectivity index (χ2v) is 7.00. The highest BCUT2D eigenvalue weighted by molar-refractivity contribution is 7.98. The summed E-state index contributed by atoms with van der Waals surface area (Å²) in [6.45, 7) is 0. The molecule has 26 heavy (non-hydrogen) atoms. The number of rotatable bonds is 5. The number of hydrogen-bond acceptors (Lipinski definition) is 5. The van der Waals surface area contributed by atoms with E-state index in [1.165, 1.54) is 16.7 Å². The van der Waals surface area contributed by atoms with Gasteiger partial charge in [0.25, 0.3) is 0 Å². The van der Waals surface area contributed by atoms with Gasteiger partial charge in [-0.15, -0.1) is 5.10 Å². The highest BCUT2D eigenvalue weighted by atomic mass is 35.5. The molecule has 0 fully saturated rings. The van der Waals surface area contributed by atoms with Gasteiger partial charge in [0.05, 0.1) is 5.69 Å². The zero-order valence-electron chi connectivity index (χ0n) is 14.3. The molecule has 0 atom stereocenters. The first-order valence-corrected chi connectivity index (χ1v) is 9.18. The van der Waals surface area contributed by atoms with Gasteiger partial charge in [0.2, 0.25) is 0 Å². The summed E-state index contributed by atoms with van der Waals surface area (Å²) in [4.78, 5) is 13.3. The molecule has 1 aromatic heterocycles. The van der Waals surface area contributed by atoms with E-state index in [0.29, 0.717) is 15.9 Å². The van der Waals surface area contributed by atoms with Crippen molar-refractivity contribution in [2.24, 2.45) is 0 Å². The molecule has 2 aromatic carbocycles. The van der Waals surface area contributed by atoms with E-state index in [4.69, 9.17) is 16.3 Å². The number of nitrogens with zero attached hydrogens (tertiary/aromatic N) is 4. The number of halogens is 1. The van der Waals surface area contributed by atoms with Gasteiger partial charge in [-0.05, 0) is 23.8 Å². The van der Waals surface area contributed by atoms with Gasteiger partial charge in [0.1, 0.15) is 0 Å². The largest absolute Gasteiger partial charge is 0.417 e. The quantitative estimate of drug-likeness (QED) is 0.611. The van der Waals surface area contributed by atoms with Crippen molar-refractivity contribution in [2.75, 3.05) is 14.1 Å². The van der Waals surface area contributed by atoms with E-state index >= 15 is 0 Å². The summed E-state index contributed by atoms with van der Waals surface area (Å²) in [6, 6.07) is 17.4. The minimum Gasteiger partial charge on any atom is -0.374 e. The first kappa shape index (κ1) is 18.3. The number of hydrogen-bond donors (Lipinski definition) is 0. The third kappa shape index (κ3) is 4.36. The van der Waals surface area contributed by atoms with Crippen LogP contribution in [0.4, 0.5) is 4.79 Å². The van der Waals surface area contributed by atoms with Crippen LogP contribution >= 0.6 is 23.4 Å². The van der Waals surface area contributed by atoms with E-state index < -0.39 is 6.09 Å². The molecule has 0 aliphatic rings. The number of ether oxygens (including phenoxy) is 1. The van der Waals surface area contributed by atoms with Gasteiger partial charge in [0, 0.05) is 24.9 Å². The fraction of sp³-hybridized carbons (Fsp3) is 0.167. The first-order chi connectivity index (χ1) is 12.5. The zero-order valence-corrected chi connectivity index (χ0v) is 15.9. The van der Waals surface area contributed by atoms with Gasteiger partial charge >= 0.3 is 12.1 Å². The number of carbonyl (C=O) groups excluding carboxylic acids is 1. The van der Waals surface area contributed by atoms with Gasteiger partial charge in [-0.3, -0.25) is 0 Å². The van der Waals surface area contributed by atoms with Crippen LogP contribution in [-0.4, -0.2) is 39.9 Å². The molecule has 0 spiro atoms. The van der Waals surface area contributed by atoms with Crippen molar-refractivity contribution in [1.82, 2.24) is 19.7 Å². The van der Waals surface area contributed by atoms with Crippen LogP contribution < -0.4 is 4.74 Å². The Balaban J connectivity index is 1.93. The van der Waals surface area contributed by atoms with Crippen LogP contribution in [0.1, 0.15) is 5.56 Å². The van der Waals surface area contributed by atoms with E-state index in [0.717, 1.165) is 11.3 Å². The van der Waals surface area contributed by atoms with Gasteiger partial charge in [-0.25, -0.2) is 9.36 Å². The number of benzene rings is 2. The van der Waals surface area contributed by atoms with Crippen LogP contribution in [0.5, 0.6) is 6.01 Å². The minimum absolute atomic E-state index is 0.0986. The van der Waals surface area contributed by atoms with Crippen LogP contribution in [-0.2, 0) is 5.75 Å². The maximum absolute atomic E-state index is 11.9. The summed E-state index contributed by atoms with van der Waals surface area (Å²) in [5.41, 5.74) is 1.88. The number of amides is 1. The van der Waals surface area contributed by atoms with Crippen molar-refractivity contribution < 1.29 is 9.53 Å². The van der Waals surface area contributed by atoms with Crippen LogP contribution in [0.15, 0.2) is 59.8 Å². The molecule has 0 saturated heterocycles. The second-order valence-electron chi connectivity index (χ2n) is 5.62. The Morgan fingerprint density at radius 2 is 1.92 bits per heavy atom. The highest BCUT2D eigenvalue weighted by Crippen LogP contribution is 2.29. The molecular weight excluding hydrogens is 372 g/mol. The molecule has 1 amide bonds. The Morgan fingerprint density at radius 3 is 2.62 bits per heavy atom. The Kier molecular flexibility index (Phi) is 5.80. The van der Waals surface area contributed by atoms with Crippen molar-refractivity contribution in [2.45, 2.75) is 10.9 Å². The van der Waals surface area contributed by atoms with E-state index in [1.54, 1.807) is 30.8 Å². The van der Waals surface area contributed by atoms with Crippen molar-refractivity contribution >= 4 is 29.5 Å². The van der Waals surface area contributed by atoms with Crippen LogP contribution in [0.3, 0.4) is 0 Å². The molecule has 0 aliphatic carbocycles. The molecule has 0 unspecified atom stereocenters. The summed E-state index contributed by atoms with van der Waals surface area (Å²) in [5.74, 6) is 0.709. The van der Waals surface area contributed by atoms with Gasteiger partial charge < -0.3 is 9.64 Å². The predicted molar refractivity (Wildman–Crippen MR) is 102 cm³/mol. The summed E-state index contributed by atoms with van der Waals surface area (Å²) >= 11 is 7.62. The molecule has 0 bridgehead atoms. The number of thioether (sulfide) groups is 1. The van der Waals surface area contributed by atoms with Crippen LogP contribution in [0.25, 0.3) is 5.69 Å². The van der Waals surface area contributed by atoms with Crippen LogP contribution in [0.2, 0.25) is 5.02 Å². The smallest absolute Gasteiger partial charge is 0.374 e. The Bertz CT molecular complexity index is 899. The third-order valence-corrected chi connectivity index (χ3v) is 4.66. The summed E-state index contributed by atoms with van der Waals surface area (Å²) in [7, 11) is 3.21. The number of carbonyl (C=O) groups is 1. The SMILES string of the molecule is CN(C)C(=O)Oc1nnc(SCc2ccccc2)n1-c1cccc(Cl)c1. The van der Waals surface area contributed by atoms with E-state index in [-0.39, 0.29) is 6.01 Å². The topological polar surface area (TPSA) is 60.3 Å². The van der Waals surface area contributed by atoms with Crippen molar-refractivity contribution in [3.63, 3.8) is 0 Å². The maximum atomic E-state index is 11.9. The van der Waals surface area contributed by atoms with Gasteiger partial charge in [0.15, 0.2) is 5.16 Å².